The number of nitrogens with zero attached hydrogens (tertiary/aromatic N) is 5. The first-order valence-corrected chi connectivity index (χ1v) is 10.3. The second-order valence-electron chi connectivity index (χ2n) is 6.82. The van der Waals surface area contributed by atoms with E-state index in [0.29, 0.717) is 12.3 Å². The Hall–Kier alpha value is -2.61. The van der Waals surface area contributed by atoms with Crippen LogP contribution in [0.1, 0.15) is 23.4 Å². The molecule has 0 saturated carbocycles. The summed E-state index contributed by atoms with van der Waals surface area (Å²) in [6.07, 6.45) is 0.847. The highest BCUT2D eigenvalue weighted by Gasteiger charge is 2.14. The number of hydrogen-bond acceptors (Lipinski definition) is 5. The average molecular weight is 399 g/mol. The van der Waals surface area contributed by atoms with Crippen LogP contribution in [0.4, 0.5) is 0 Å². The van der Waals surface area contributed by atoms with Crippen molar-refractivity contribution in [3.05, 3.63) is 47.3 Å². The highest BCUT2D eigenvalue weighted by atomic mass is 32.2. The fraction of sp³-hybridized carbons (Fsp3) is 0.400. The maximum Gasteiger partial charge on any atom is 0.230 e. The number of aromatic nitrogens is 5. The number of hydrogen-bond donors (Lipinski definition) is 1. The molecule has 8 heteroatoms. The van der Waals surface area contributed by atoms with Crippen molar-refractivity contribution in [1.29, 1.82) is 0 Å². The van der Waals surface area contributed by atoms with E-state index < -0.39 is 0 Å². The number of benzene rings is 1. The Morgan fingerprint density at radius 3 is 2.68 bits per heavy atom. The Bertz CT molecular complexity index is 962. The first-order valence-electron chi connectivity index (χ1n) is 9.31. The molecule has 0 aliphatic carbocycles. The lowest BCUT2D eigenvalue weighted by Crippen LogP contribution is -2.27. The Balaban J connectivity index is 1.46. The van der Waals surface area contributed by atoms with Gasteiger partial charge >= 0.3 is 0 Å². The van der Waals surface area contributed by atoms with Crippen molar-refractivity contribution < 1.29 is 4.79 Å². The van der Waals surface area contributed by atoms with Crippen molar-refractivity contribution in [2.75, 3.05) is 12.3 Å². The van der Waals surface area contributed by atoms with Gasteiger partial charge in [-0.05, 0) is 38.8 Å². The molecule has 3 rings (SSSR count). The number of nitrogens with one attached hydrogen (secondary N) is 1. The Labute approximate surface area is 169 Å². The quantitative estimate of drug-likeness (QED) is 0.466. The lowest BCUT2D eigenvalue weighted by atomic mass is 10.1. The van der Waals surface area contributed by atoms with Crippen LogP contribution < -0.4 is 5.32 Å². The molecule has 7 nitrogen and oxygen atoms in total. The van der Waals surface area contributed by atoms with Crippen LogP contribution in [0.2, 0.25) is 0 Å². The van der Waals surface area contributed by atoms with E-state index in [1.54, 1.807) is 0 Å². The van der Waals surface area contributed by atoms with Crippen molar-refractivity contribution in [3.63, 3.8) is 0 Å². The van der Waals surface area contributed by atoms with Gasteiger partial charge in [0.05, 0.1) is 11.4 Å². The standard InChI is InChI=1S/C20H26N6OS/c1-14-8-5-6-9-17(14)19-22-23-20(25(19)4)28-13-18(27)21-10-7-11-26-16(3)12-15(2)24-26/h5-6,8-9,12H,7,10-11,13H2,1-4H3,(H,21,27). The van der Waals surface area contributed by atoms with Crippen LogP contribution in [-0.2, 0) is 18.4 Å². The minimum absolute atomic E-state index is 0.00110. The molecule has 0 spiro atoms. The fourth-order valence-corrected chi connectivity index (χ4v) is 3.78. The molecule has 0 bridgehead atoms. The summed E-state index contributed by atoms with van der Waals surface area (Å²) in [4.78, 5) is 12.1. The SMILES string of the molecule is Cc1cc(C)n(CCCNC(=O)CSc2nnc(-c3ccccc3C)n2C)n1. The zero-order valence-electron chi connectivity index (χ0n) is 16.8. The van der Waals surface area contributed by atoms with Gasteiger partial charge in [0.25, 0.3) is 0 Å². The highest BCUT2D eigenvalue weighted by molar-refractivity contribution is 7.99. The van der Waals surface area contributed by atoms with E-state index in [2.05, 4.69) is 39.7 Å². The third kappa shape index (κ3) is 4.81. The summed E-state index contributed by atoms with van der Waals surface area (Å²) in [5.74, 6) is 1.13. The Kier molecular flexibility index (Phi) is 6.51. The minimum Gasteiger partial charge on any atom is -0.355 e. The normalized spacial score (nSPS) is 11.0. The summed E-state index contributed by atoms with van der Waals surface area (Å²) >= 11 is 1.40. The van der Waals surface area contributed by atoms with Crippen LogP contribution >= 0.6 is 11.8 Å². The predicted molar refractivity (Wildman–Crippen MR) is 111 cm³/mol. The van der Waals surface area contributed by atoms with Gasteiger partial charge in [0.2, 0.25) is 5.91 Å². The van der Waals surface area contributed by atoms with E-state index in [4.69, 9.17) is 0 Å². The van der Waals surface area contributed by atoms with E-state index >= 15 is 0 Å². The van der Waals surface area contributed by atoms with Crippen LogP contribution in [0.3, 0.4) is 0 Å². The molecule has 0 unspecified atom stereocenters. The maximum absolute atomic E-state index is 12.1. The van der Waals surface area contributed by atoms with Crippen LogP contribution in [0, 0.1) is 20.8 Å². The fourth-order valence-electron chi connectivity index (χ4n) is 3.04. The number of amides is 1. The molecule has 0 aliphatic rings. The summed E-state index contributed by atoms with van der Waals surface area (Å²) in [6, 6.07) is 10.1. The molecular formula is C20H26N6OS. The number of thioether (sulfide) groups is 1. The van der Waals surface area contributed by atoms with E-state index in [1.807, 2.05) is 48.3 Å². The van der Waals surface area contributed by atoms with Gasteiger partial charge in [-0.2, -0.15) is 5.10 Å². The van der Waals surface area contributed by atoms with Crippen molar-refractivity contribution in [3.8, 4) is 11.4 Å². The summed E-state index contributed by atoms with van der Waals surface area (Å²) in [6.45, 7) is 7.51. The average Bonchev–Trinajstić information content (AvgIpc) is 3.19. The molecule has 1 N–H and O–H groups in total. The first kappa shape index (κ1) is 20.1. The second kappa shape index (κ2) is 9.05. The summed E-state index contributed by atoms with van der Waals surface area (Å²) in [7, 11) is 1.93. The third-order valence-corrected chi connectivity index (χ3v) is 5.55. The zero-order chi connectivity index (χ0) is 20.1. The van der Waals surface area contributed by atoms with Crippen molar-refractivity contribution in [1.82, 2.24) is 29.9 Å². The molecule has 0 fully saturated rings. The van der Waals surface area contributed by atoms with Gasteiger partial charge in [-0.15, -0.1) is 10.2 Å². The number of carbonyl (C=O) groups excluding carboxylic acids is 1. The first-order chi connectivity index (χ1) is 13.5. The molecule has 2 heterocycles. The molecule has 0 radical (unpaired) electrons. The highest BCUT2D eigenvalue weighted by Crippen LogP contribution is 2.24. The largest absolute Gasteiger partial charge is 0.355 e. The number of aryl methyl sites for hydroxylation is 4. The van der Waals surface area contributed by atoms with Crippen molar-refractivity contribution in [2.45, 2.75) is 38.9 Å². The Morgan fingerprint density at radius 1 is 1.18 bits per heavy atom. The molecule has 0 aliphatic heterocycles. The lowest BCUT2D eigenvalue weighted by molar-refractivity contribution is -0.118. The minimum atomic E-state index is -0.00110. The van der Waals surface area contributed by atoms with E-state index in [1.165, 1.54) is 11.8 Å². The molecule has 148 valence electrons. The molecular weight excluding hydrogens is 372 g/mol. The predicted octanol–water partition coefficient (Wildman–Crippen LogP) is 2.90. The lowest BCUT2D eigenvalue weighted by Gasteiger charge is -2.07. The van der Waals surface area contributed by atoms with Gasteiger partial charge in [0.1, 0.15) is 0 Å². The number of rotatable bonds is 8. The van der Waals surface area contributed by atoms with Gasteiger partial charge in [0.15, 0.2) is 11.0 Å². The van der Waals surface area contributed by atoms with E-state index in [9.17, 15) is 4.79 Å². The van der Waals surface area contributed by atoms with Gasteiger partial charge in [-0.1, -0.05) is 36.0 Å². The number of carbonyl (C=O) groups is 1. The van der Waals surface area contributed by atoms with E-state index in [-0.39, 0.29) is 5.91 Å². The monoisotopic (exact) mass is 398 g/mol. The zero-order valence-corrected chi connectivity index (χ0v) is 17.6. The molecule has 2 aromatic heterocycles. The topological polar surface area (TPSA) is 77.6 Å². The maximum atomic E-state index is 12.1. The van der Waals surface area contributed by atoms with Gasteiger partial charge < -0.3 is 9.88 Å². The summed E-state index contributed by atoms with van der Waals surface area (Å²) in [5.41, 5.74) is 4.37. The van der Waals surface area contributed by atoms with Crippen LogP contribution in [0.25, 0.3) is 11.4 Å². The van der Waals surface area contributed by atoms with Crippen LogP contribution in [-0.4, -0.2) is 42.7 Å². The van der Waals surface area contributed by atoms with E-state index in [0.717, 1.165) is 46.5 Å². The Morgan fingerprint density at radius 2 is 1.96 bits per heavy atom. The second-order valence-corrected chi connectivity index (χ2v) is 7.77. The molecule has 0 atom stereocenters. The smallest absolute Gasteiger partial charge is 0.230 e. The molecule has 0 saturated heterocycles. The van der Waals surface area contributed by atoms with Crippen LogP contribution in [0.5, 0.6) is 0 Å². The van der Waals surface area contributed by atoms with Crippen LogP contribution in [0.15, 0.2) is 35.5 Å². The molecule has 1 amide bonds. The third-order valence-electron chi connectivity index (χ3n) is 4.53. The molecule has 3 aromatic rings. The summed E-state index contributed by atoms with van der Waals surface area (Å²) < 4.78 is 3.91. The van der Waals surface area contributed by atoms with Gasteiger partial charge in [0, 0.05) is 31.4 Å². The molecule has 1 aromatic carbocycles. The van der Waals surface area contributed by atoms with Crippen molar-refractivity contribution in [2.24, 2.45) is 7.05 Å². The van der Waals surface area contributed by atoms with Gasteiger partial charge in [-0.3, -0.25) is 9.48 Å². The van der Waals surface area contributed by atoms with Crippen molar-refractivity contribution >= 4 is 17.7 Å². The molecule has 28 heavy (non-hydrogen) atoms. The summed E-state index contributed by atoms with van der Waals surface area (Å²) in [5, 5.41) is 16.7. The van der Waals surface area contributed by atoms with Gasteiger partial charge in [-0.25, -0.2) is 0 Å².